The predicted octanol–water partition coefficient (Wildman–Crippen LogP) is 3.61. The fourth-order valence-corrected chi connectivity index (χ4v) is 1.32. The number of aryl methyl sites for hydroxylation is 1. The molecule has 1 atom stereocenters. The molecule has 0 aliphatic rings. The van der Waals surface area contributed by atoms with Crippen molar-refractivity contribution >= 4 is 27.5 Å². The summed E-state index contributed by atoms with van der Waals surface area (Å²) in [5.74, 6) is 0. The second kappa shape index (κ2) is 3.93. The molecule has 12 heavy (non-hydrogen) atoms. The standard InChI is InChI=1S/C9H7BrClN/c1-6-2-3-7(4-9(6)11)8(10)5-12/h2-4,8H,1H3. The first-order valence-electron chi connectivity index (χ1n) is 3.45. The van der Waals surface area contributed by atoms with Crippen LogP contribution in [0.25, 0.3) is 0 Å². The van der Waals surface area contributed by atoms with Crippen molar-refractivity contribution in [2.45, 2.75) is 11.8 Å². The van der Waals surface area contributed by atoms with Gasteiger partial charge in [-0.2, -0.15) is 5.26 Å². The van der Waals surface area contributed by atoms with E-state index in [1.54, 1.807) is 6.07 Å². The molecule has 0 saturated carbocycles. The maximum Gasteiger partial charge on any atom is 0.126 e. The molecule has 1 aromatic rings. The zero-order valence-corrected chi connectivity index (χ0v) is 8.85. The Labute approximate surface area is 85.1 Å². The van der Waals surface area contributed by atoms with Gasteiger partial charge in [0.1, 0.15) is 4.83 Å². The highest BCUT2D eigenvalue weighted by molar-refractivity contribution is 9.09. The molecule has 0 fully saturated rings. The summed E-state index contributed by atoms with van der Waals surface area (Å²) in [7, 11) is 0. The number of hydrogen-bond acceptors (Lipinski definition) is 1. The average molecular weight is 245 g/mol. The molecule has 1 aromatic carbocycles. The topological polar surface area (TPSA) is 23.8 Å². The quantitative estimate of drug-likeness (QED) is 0.692. The Kier molecular flexibility index (Phi) is 3.13. The predicted molar refractivity (Wildman–Crippen MR) is 53.5 cm³/mol. The van der Waals surface area contributed by atoms with Gasteiger partial charge in [-0.05, 0) is 24.1 Å². The number of benzene rings is 1. The number of nitrogens with zero attached hydrogens (tertiary/aromatic N) is 1. The van der Waals surface area contributed by atoms with Crippen molar-refractivity contribution in [3.05, 3.63) is 34.3 Å². The number of alkyl halides is 1. The summed E-state index contributed by atoms with van der Waals surface area (Å²) < 4.78 is 0. The zero-order valence-electron chi connectivity index (χ0n) is 6.51. The fraction of sp³-hybridized carbons (Fsp3) is 0.222. The van der Waals surface area contributed by atoms with Crippen molar-refractivity contribution in [1.29, 1.82) is 5.26 Å². The van der Waals surface area contributed by atoms with Crippen LogP contribution in [0.3, 0.4) is 0 Å². The average Bonchev–Trinajstić information content (AvgIpc) is 2.08. The second-order valence-corrected chi connectivity index (χ2v) is 3.82. The molecule has 1 rings (SSSR count). The molecule has 62 valence electrons. The van der Waals surface area contributed by atoms with E-state index >= 15 is 0 Å². The molecule has 0 N–H and O–H groups in total. The fourth-order valence-electron chi connectivity index (χ4n) is 0.841. The molecule has 0 amide bonds. The molecule has 0 aliphatic carbocycles. The van der Waals surface area contributed by atoms with E-state index in [1.165, 1.54) is 0 Å². The van der Waals surface area contributed by atoms with Gasteiger partial charge in [-0.3, -0.25) is 0 Å². The van der Waals surface area contributed by atoms with Crippen LogP contribution in [0.5, 0.6) is 0 Å². The summed E-state index contributed by atoms with van der Waals surface area (Å²) in [5, 5.41) is 9.31. The van der Waals surface area contributed by atoms with Crippen molar-refractivity contribution in [2.24, 2.45) is 0 Å². The van der Waals surface area contributed by atoms with Crippen molar-refractivity contribution in [3.63, 3.8) is 0 Å². The summed E-state index contributed by atoms with van der Waals surface area (Å²) >= 11 is 9.11. The molecule has 0 radical (unpaired) electrons. The summed E-state index contributed by atoms with van der Waals surface area (Å²) in [6, 6.07) is 7.69. The molecule has 1 nitrogen and oxygen atoms in total. The van der Waals surface area contributed by atoms with Crippen molar-refractivity contribution in [1.82, 2.24) is 0 Å². The van der Waals surface area contributed by atoms with E-state index in [1.807, 2.05) is 19.1 Å². The van der Waals surface area contributed by atoms with Crippen LogP contribution in [-0.4, -0.2) is 0 Å². The highest BCUT2D eigenvalue weighted by Crippen LogP contribution is 2.25. The normalized spacial score (nSPS) is 12.2. The SMILES string of the molecule is Cc1ccc(C(Br)C#N)cc1Cl. The van der Waals surface area contributed by atoms with Gasteiger partial charge in [-0.25, -0.2) is 0 Å². The first kappa shape index (κ1) is 9.57. The summed E-state index contributed by atoms with van der Waals surface area (Å²) in [4.78, 5) is -0.268. The third-order valence-corrected chi connectivity index (χ3v) is 2.74. The summed E-state index contributed by atoms with van der Waals surface area (Å²) in [6.07, 6.45) is 0. The van der Waals surface area contributed by atoms with Gasteiger partial charge in [-0.1, -0.05) is 39.7 Å². The van der Waals surface area contributed by atoms with Gasteiger partial charge in [0.2, 0.25) is 0 Å². The largest absolute Gasteiger partial charge is 0.197 e. The first-order valence-corrected chi connectivity index (χ1v) is 4.74. The minimum atomic E-state index is -0.268. The number of hydrogen-bond donors (Lipinski definition) is 0. The van der Waals surface area contributed by atoms with Crippen LogP contribution in [0.2, 0.25) is 5.02 Å². The lowest BCUT2D eigenvalue weighted by atomic mass is 10.1. The third kappa shape index (κ3) is 2.00. The van der Waals surface area contributed by atoms with E-state index in [2.05, 4.69) is 22.0 Å². The van der Waals surface area contributed by atoms with E-state index in [0.29, 0.717) is 5.02 Å². The van der Waals surface area contributed by atoms with Crippen LogP contribution in [-0.2, 0) is 0 Å². The van der Waals surface area contributed by atoms with Gasteiger partial charge in [0.15, 0.2) is 0 Å². The van der Waals surface area contributed by atoms with Crippen LogP contribution in [0, 0.1) is 18.3 Å². The smallest absolute Gasteiger partial charge is 0.126 e. The van der Waals surface area contributed by atoms with E-state index < -0.39 is 0 Å². The van der Waals surface area contributed by atoms with Crippen LogP contribution < -0.4 is 0 Å². The van der Waals surface area contributed by atoms with Crippen molar-refractivity contribution in [2.75, 3.05) is 0 Å². The minimum absolute atomic E-state index is 0.268. The number of rotatable bonds is 1. The zero-order chi connectivity index (χ0) is 9.14. The number of halogens is 2. The van der Waals surface area contributed by atoms with Gasteiger partial charge >= 0.3 is 0 Å². The van der Waals surface area contributed by atoms with Gasteiger partial charge < -0.3 is 0 Å². The van der Waals surface area contributed by atoms with Crippen molar-refractivity contribution in [3.8, 4) is 6.07 Å². The molecule has 0 saturated heterocycles. The van der Waals surface area contributed by atoms with E-state index in [9.17, 15) is 0 Å². The molecule has 0 bridgehead atoms. The summed E-state index contributed by atoms with van der Waals surface area (Å²) in [6.45, 7) is 1.93. The van der Waals surface area contributed by atoms with Gasteiger partial charge in [0.05, 0.1) is 6.07 Å². The molecule has 3 heteroatoms. The Morgan fingerprint density at radius 1 is 1.58 bits per heavy atom. The minimum Gasteiger partial charge on any atom is -0.197 e. The lowest BCUT2D eigenvalue weighted by molar-refractivity contribution is 1.24. The highest BCUT2D eigenvalue weighted by atomic mass is 79.9. The van der Waals surface area contributed by atoms with Crippen LogP contribution in [0.4, 0.5) is 0 Å². The Hall–Kier alpha value is -0.520. The van der Waals surface area contributed by atoms with E-state index in [-0.39, 0.29) is 4.83 Å². The Morgan fingerprint density at radius 3 is 2.75 bits per heavy atom. The Bertz CT molecular complexity index is 330. The molecule has 0 spiro atoms. The van der Waals surface area contributed by atoms with Crippen LogP contribution >= 0.6 is 27.5 Å². The molecule has 0 heterocycles. The Balaban J connectivity index is 3.06. The van der Waals surface area contributed by atoms with Gasteiger partial charge in [0.25, 0.3) is 0 Å². The first-order chi connectivity index (χ1) is 5.65. The van der Waals surface area contributed by atoms with Gasteiger partial charge in [-0.15, -0.1) is 0 Å². The van der Waals surface area contributed by atoms with E-state index in [0.717, 1.165) is 11.1 Å². The molecule has 1 unspecified atom stereocenters. The van der Waals surface area contributed by atoms with Crippen molar-refractivity contribution < 1.29 is 0 Å². The highest BCUT2D eigenvalue weighted by Gasteiger charge is 2.06. The van der Waals surface area contributed by atoms with Crippen LogP contribution in [0.1, 0.15) is 16.0 Å². The number of nitriles is 1. The maximum atomic E-state index is 8.61. The lowest BCUT2D eigenvalue weighted by Crippen LogP contribution is -1.86. The molecular weight excluding hydrogens is 237 g/mol. The van der Waals surface area contributed by atoms with Crippen LogP contribution in [0.15, 0.2) is 18.2 Å². The maximum absolute atomic E-state index is 8.61. The monoisotopic (exact) mass is 243 g/mol. The van der Waals surface area contributed by atoms with E-state index in [4.69, 9.17) is 16.9 Å². The Morgan fingerprint density at radius 2 is 2.25 bits per heavy atom. The molecular formula is C9H7BrClN. The third-order valence-electron chi connectivity index (χ3n) is 1.60. The lowest BCUT2D eigenvalue weighted by Gasteiger charge is -2.03. The second-order valence-electron chi connectivity index (χ2n) is 2.50. The molecule has 0 aliphatic heterocycles. The molecule has 0 aromatic heterocycles. The van der Waals surface area contributed by atoms with Gasteiger partial charge in [0, 0.05) is 5.02 Å². The summed E-state index contributed by atoms with van der Waals surface area (Å²) in [5.41, 5.74) is 1.92.